The molecule has 0 N–H and O–H groups in total. The van der Waals surface area contributed by atoms with Crippen LogP contribution in [0.5, 0.6) is 0 Å². The number of pyridine rings is 1. The number of likely N-dealkylation sites (tertiary alicyclic amines) is 1. The minimum absolute atomic E-state index is 0.164. The predicted molar refractivity (Wildman–Crippen MR) is 108 cm³/mol. The average molecular weight is 381 g/mol. The fraction of sp³-hybridized carbons (Fsp3) is 0.381. The van der Waals surface area contributed by atoms with Crippen LogP contribution in [0.1, 0.15) is 40.8 Å². The summed E-state index contributed by atoms with van der Waals surface area (Å²) in [5.41, 5.74) is 5.50. The highest BCUT2D eigenvalue weighted by atomic mass is 32.1. The summed E-state index contributed by atoms with van der Waals surface area (Å²) >= 11 is 1.65. The zero-order chi connectivity index (χ0) is 19.0. The number of rotatable bonds is 4. The molecule has 140 valence electrons. The van der Waals surface area contributed by atoms with Crippen LogP contribution < -0.4 is 0 Å². The number of hydrogen-bond donors (Lipinski definition) is 0. The molecule has 5 nitrogen and oxygen atoms in total. The third-order valence-electron chi connectivity index (χ3n) is 5.43. The number of thiazole rings is 1. The summed E-state index contributed by atoms with van der Waals surface area (Å²) in [7, 11) is 0. The van der Waals surface area contributed by atoms with E-state index in [4.69, 9.17) is 0 Å². The molecule has 4 rings (SSSR count). The average Bonchev–Trinajstić information content (AvgIpc) is 3.38. The van der Waals surface area contributed by atoms with Gasteiger partial charge in [-0.1, -0.05) is 0 Å². The lowest BCUT2D eigenvalue weighted by Crippen LogP contribution is -2.33. The number of carbonyl (C=O) groups is 1. The van der Waals surface area contributed by atoms with Gasteiger partial charge in [0.2, 0.25) is 5.91 Å². The van der Waals surface area contributed by atoms with E-state index in [-0.39, 0.29) is 11.9 Å². The van der Waals surface area contributed by atoms with Crippen LogP contribution in [-0.4, -0.2) is 31.9 Å². The Balaban J connectivity index is 1.57. The Morgan fingerprint density at radius 2 is 2.04 bits per heavy atom. The molecular weight excluding hydrogens is 356 g/mol. The van der Waals surface area contributed by atoms with E-state index in [1.54, 1.807) is 23.7 Å². The van der Waals surface area contributed by atoms with Crippen LogP contribution in [0.4, 0.5) is 0 Å². The van der Waals surface area contributed by atoms with E-state index in [0.717, 1.165) is 47.0 Å². The summed E-state index contributed by atoms with van der Waals surface area (Å²) in [6, 6.07) is 6.34. The Kier molecular flexibility index (Phi) is 4.83. The Morgan fingerprint density at radius 3 is 2.74 bits per heavy atom. The zero-order valence-electron chi connectivity index (χ0n) is 16.0. The van der Waals surface area contributed by atoms with E-state index in [2.05, 4.69) is 39.8 Å². The molecule has 3 aromatic rings. The highest BCUT2D eigenvalue weighted by Gasteiger charge is 2.30. The maximum Gasteiger partial charge on any atom is 0.243 e. The molecule has 0 aliphatic carbocycles. The van der Waals surface area contributed by atoms with Crippen molar-refractivity contribution in [3.05, 3.63) is 57.9 Å². The molecule has 4 heterocycles. The topological polar surface area (TPSA) is 51.0 Å². The van der Waals surface area contributed by atoms with Crippen molar-refractivity contribution in [3.63, 3.8) is 0 Å². The Hall–Kier alpha value is -2.47. The normalized spacial score (nSPS) is 16.9. The molecule has 27 heavy (non-hydrogen) atoms. The third-order valence-corrected chi connectivity index (χ3v) is 6.20. The largest absolute Gasteiger partial charge is 0.339 e. The molecule has 1 saturated heterocycles. The van der Waals surface area contributed by atoms with Gasteiger partial charge in [0.1, 0.15) is 6.54 Å². The number of carbonyl (C=O) groups excluding carboxylic acids is 1. The van der Waals surface area contributed by atoms with E-state index in [9.17, 15) is 4.79 Å². The van der Waals surface area contributed by atoms with Crippen molar-refractivity contribution in [2.75, 3.05) is 6.54 Å². The van der Waals surface area contributed by atoms with Crippen LogP contribution >= 0.6 is 11.3 Å². The standard InChI is InChI=1S/C21H24N4OS/c1-14-11-18(19-13-27-16(3)23-19)15(2)25(14)12-21(26)24-10-4-5-20(24)17-6-8-22-9-7-17/h6-9,11,13,20H,4-5,10,12H2,1-3H3/t20-/m1/s1. The van der Waals surface area contributed by atoms with Crippen molar-refractivity contribution >= 4 is 17.2 Å². The van der Waals surface area contributed by atoms with E-state index >= 15 is 0 Å². The van der Waals surface area contributed by atoms with Crippen LogP contribution in [0, 0.1) is 20.8 Å². The van der Waals surface area contributed by atoms with Gasteiger partial charge in [-0.2, -0.15) is 0 Å². The third kappa shape index (κ3) is 3.41. The number of aryl methyl sites for hydroxylation is 2. The van der Waals surface area contributed by atoms with Crippen molar-refractivity contribution in [1.82, 2.24) is 19.4 Å². The van der Waals surface area contributed by atoms with E-state index in [0.29, 0.717) is 6.54 Å². The summed E-state index contributed by atoms with van der Waals surface area (Å²) in [6.45, 7) is 7.36. The van der Waals surface area contributed by atoms with Gasteiger partial charge < -0.3 is 9.47 Å². The lowest BCUT2D eigenvalue weighted by Gasteiger charge is -2.26. The first-order valence-corrected chi connectivity index (χ1v) is 10.2. The minimum atomic E-state index is 0.164. The molecule has 0 unspecified atom stereocenters. The number of amides is 1. The summed E-state index contributed by atoms with van der Waals surface area (Å²) in [4.78, 5) is 23.9. The lowest BCUT2D eigenvalue weighted by atomic mass is 10.1. The van der Waals surface area contributed by atoms with E-state index in [1.807, 2.05) is 24.0 Å². The van der Waals surface area contributed by atoms with Crippen molar-refractivity contribution < 1.29 is 4.79 Å². The summed E-state index contributed by atoms with van der Waals surface area (Å²) < 4.78 is 2.12. The van der Waals surface area contributed by atoms with Gasteiger partial charge in [-0.3, -0.25) is 9.78 Å². The molecule has 6 heteroatoms. The van der Waals surface area contributed by atoms with Gasteiger partial charge in [0.25, 0.3) is 0 Å². The second-order valence-electron chi connectivity index (χ2n) is 7.15. The van der Waals surface area contributed by atoms with Crippen LogP contribution in [0.2, 0.25) is 0 Å². The number of nitrogens with zero attached hydrogens (tertiary/aromatic N) is 4. The lowest BCUT2D eigenvalue weighted by molar-refractivity contribution is -0.132. The molecule has 3 aromatic heterocycles. The molecule has 0 radical (unpaired) electrons. The first-order chi connectivity index (χ1) is 13.0. The monoisotopic (exact) mass is 380 g/mol. The van der Waals surface area contributed by atoms with Gasteiger partial charge in [-0.25, -0.2) is 4.98 Å². The molecule has 1 fully saturated rings. The summed E-state index contributed by atoms with van der Waals surface area (Å²) in [5.74, 6) is 0.178. The fourth-order valence-corrected chi connectivity index (χ4v) is 4.63. The maximum absolute atomic E-state index is 13.1. The Labute approximate surface area is 163 Å². The number of hydrogen-bond acceptors (Lipinski definition) is 4. The van der Waals surface area contributed by atoms with Crippen molar-refractivity contribution in [2.45, 2.75) is 46.2 Å². The second kappa shape index (κ2) is 7.27. The maximum atomic E-state index is 13.1. The second-order valence-corrected chi connectivity index (χ2v) is 8.21. The molecular formula is C21H24N4OS. The van der Waals surface area contributed by atoms with Crippen LogP contribution in [0.25, 0.3) is 11.3 Å². The number of aromatic nitrogens is 3. The molecule has 1 atom stereocenters. The van der Waals surface area contributed by atoms with E-state index < -0.39 is 0 Å². The van der Waals surface area contributed by atoms with Gasteiger partial charge in [0, 0.05) is 41.3 Å². The SMILES string of the molecule is Cc1nc(-c2cc(C)n(CC(=O)N3CCC[C@@H]3c3ccncc3)c2C)cs1. The quantitative estimate of drug-likeness (QED) is 0.678. The van der Waals surface area contributed by atoms with Gasteiger partial charge in [0.15, 0.2) is 0 Å². The van der Waals surface area contributed by atoms with Crippen molar-refractivity contribution in [3.8, 4) is 11.3 Å². The molecule has 1 amide bonds. The smallest absolute Gasteiger partial charge is 0.243 e. The van der Waals surface area contributed by atoms with Crippen LogP contribution in [-0.2, 0) is 11.3 Å². The molecule has 1 aliphatic heterocycles. The molecule has 0 aromatic carbocycles. The summed E-state index contributed by atoms with van der Waals surface area (Å²) in [6.07, 6.45) is 5.67. The predicted octanol–water partition coefficient (Wildman–Crippen LogP) is 4.30. The van der Waals surface area contributed by atoms with Crippen LogP contribution in [0.15, 0.2) is 36.0 Å². The van der Waals surface area contributed by atoms with Gasteiger partial charge in [0.05, 0.1) is 16.7 Å². The Bertz CT molecular complexity index is 960. The highest BCUT2D eigenvalue weighted by molar-refractivity contribution is 7.09. The molecule has 0 spiro atoms. The van der Waals surface area contributed by atoms with Gasteiger partial charge in [-0.15, -0.1) is 11.3 Å². The molecule has 1 aliphatic rings. The highest BCUT2D eigenvalue weighted by Crippen LogP contribution is 2.33. The minimum Gasteiger partial charge on any atom is -0.339 e. The molecule has 0 saturated carbocycles. The van der Waals surface area contributed by atoms with E-state index in [1.165, 1.54) is 5.56 Å². The fourth-order valence-electron chi connectivity index (χ4n) is 4.01. The zero-order valence-corrected chi connectivity index (χ0v) is 16.8. The van der Waals surface area contributed by atoms with Gasteiger partial charge >= 0.3 is 0 Å². The van der Waals surface area contributed by atoms with Crippen molar-refractivity contribution in [1.29, 1.82) is 0 Å². The first kappa shape index (κ1) is 17.9. The van der Waals surface area contributed by atoms with Crippen LogP contribution in [0.3, 0.4) is 0 Å². The Morgan fingerprint density at radius 1 is 1.26 bits per heavy atom. The first-order valence-electron chi connectivity index (χ1n) is 9.33. The molecule has 0 bridgehead atoms. The van der Waals surface area contributed by atoms with Crippen molar-refractivity contribution in [2.24, 2.45) is 0 Å². The summed E-state index contributed by atoms with van der Waals surface area (Å²) in [5, 5.41) is 3.14. The van der Waals surface area contributed by atoms with Gasteiger partial charge in [-0.05, 0) is 57.4 Å².